The molecular formula is C8H12N2O3. The van der Waals surface area contributed by atoms with Crippen LogP contribution in [0.3, 0.4) is 0 Å². The standard InChI is InChI=1S/C8H12N2O3/c1-5-7(8(11)12)6(4-13-3)9-10(5)2/h4H2,1-3H3,(H,11,12). The first-order chi connectivity index (χ1) is 6.07. The molecule has 0 saturated heterocycles. The molecule has 0 unspecified atom stereocenters. The summed E-state index contributed by atoms with van der Waals surface area (Å²) in [4.78, 5) is 10.8. The fraction of sp³-hybridized carbons (Fsp3) is 0.500. The van der Waals surface area contributed by atoms with Crippen molar-refractivity contribution in [3.63, 3.8) is 0 Å². The van der Waals surface area contributed by atoms with Crippen molar-refractivity contribution in [2.75, 3.05) is 7.11 Å². The average molecular weight is 184 g/mol. The average Bonchev–Trinajstić information content (AvgIpc) is 2.28. The highest BCUT2D eigenvalue weighted by molar-refractivity contribution is 5.90. The number of nitrogens with zero attached hydrogens (tertiary/aromatic N) is 2. The van der Waals surface area contributed by atoms with Crippen LogP contribution in [0.4, 0.5) is 0 Å². The Morgan fingerprint density at radius 3 is 2.77 bits per heavy atom. The molecule has 1 N–H and O–H groups in total. The molecule has 0 fully saturated rings. The fourth-order valence-corrected chi connectivity index (χ4v) is 1.19. The van der Waals surface area contributed by atoms with E-state index < -0.39 is 5.97 Å². The van der Waals surface area contributed by atoms with Gasteiger partial charge in [-0.15, -0.1) is 0 Å². The summed E-state index contributed by atoms with van der Waals surface area (Å²) in [6.45, 7) is 1.94. The number of carboxylic acids is 1. The number of carboxylic acid groups (broad SMARTS) is 1. The lowest BCUT2D eigenvalue weighted by Crippen LogP contribution is -2.02. The molecule has 0 aliphatic carbocycles. The lowest BCUT2D eigenvalue weighted by molar-refractivity contribution is 0.0691. The van der Waals surface area contributed by atoms with Gasteiger partial charge in [0.2, 0.25) is 0 Å². The number of rotatable bonds is 3. The fourth-order valence-electron chi connectivity index (χ4n) is 1.19. The van der Waals surface area contributed by atoms with Gasteiger partial charge >= 0.3 is 5.97 Å². The van der Waals surface area contributed by atoms with E-state index >= 15 is 0 Å². The van der Waals surface area contributed by atoms with Crippen molar-refractivity contribution in [2.24, 2.45) is 7.05 Å². The third-order valence-electron chi connectivity index (χ3n) is 1.90. The minimum atomic E-state index is -0.961. The Hall–Kier alpha value is -1.36. The van der Waals surface area contributed by atoms with Crippen molar-refractivity contribution in [3.05, 3.63) is 17.0 Å². The number of hydrogen-bond donors (Lipinski definition) is 1. The van der Waals surface area contributed by atoms with Crippen LogP contribution in [0.15, 0.2) is 0 Å². The first-order valence-electron chi connectivity index (χ1n) is 3.82. The molecule has 0 aliphatic heterocycles. The zero-order valence-corrected chi connectivity index (χ0v) is 7.87. The van der Waals surface area contributed by atoms with Crippen LogP contribution in [-0.4, -0.2) is 28.0 Å². The van der Waals surface area contributed by atoms with Crippen molar-refractivity contribution >= 4 is 5.97 Å². The van der Waals surface area contributed by atoms with Gasteiger partial charge < -0.3 is 9.84 Å². The van der Waals surface area contributed by atoms with Crippen LogP contribution in [0.2, 0.25) is 0 Å². The maximum atomic E-state index is 10.8. The molecule has 1 aromatic heterocycles. The third kappa shape index (κ3) is 1.70. The van der Waals surface area contributed by atoms with Gasteiger partial charge in [0.1, 0.15) is 11.3 Å². The van der Waals surface area contributed by atoms with E-state index in [1.807, 2.05) is 0 Å². The second-order valence-electron chi connectivity index (χ2n) is 2.77. The monoisotopic (exact) mass is 184 g/mol. The highest BCUT2D eigenvalue weighted by Crippen LogP contribution is 2.13. The molecule has 0 aliphatic rings. The number of aromatic nitrogens is 2. The minimum absolute atomic E-state index is 0.226. The molecule has 0 atom stereocenters. The van der Waals surface area contributed by atoms with Crippen LogP contribution in [0.5, 0.6) is 0 Å². The molecule has 1 aromatic rings. The van der Waals surface area contributed by atoms with E-state index in [9.17, 15) is 4.79 Å². The number of methoxy groups -OCH3 is 1. The summed E-state index contributed by atoms with van der Waals surface area (Å²) in [6.07, 6.45) is 0. The predicted octanol–water partition coefficient (Wildman–Crippen LogP) is 0.573. The summed E-state index contributed by atoms with van der Waals surface area (Å²) >= 11 is 0. The molecule has 1 rings (SSSR count). The number of ether oxygens (including phenoxy) is 1. The lowest BCUT2D eigenvalue weighted by atomic mass is 10.2. The molecule has 0 aromatic carbocycles. The van der Waals surface area contributed by atoms with Crippen molar-refractivity contribution in [1.82, 2.24) is 9.78 Å². The third-order valence-corrected chi connectivity index (χ3v) is 1.90. The summed E-state index contributed by atoms with van der Waals surface area (Å²) < 4.78 is 6.39. The number of carbonyl (C=O) groups is 1. The van der Waals surface area contributed by atoms with Crippen molar-refractivity contribution in [1.29, 1.82) is 0 Å². The van der Waals surface area contributed by atoms with E-state index in [-0.39, 0.29) is 12.2 Å². The summed E-state index contributed by atoms with van der Waals surface area (Å²) in [5.74, 6) is -0.961. The highest BCUT2D eigenvalue weighted by atomic mass is 16.5. The van der Waals surface area contributed by atoms with Gasteiger partial charge in [-0.05, 0) is 6.92 Å². The Morgan fingerprint density at radius 2 is 2.31 bits per heavy atom. The first kappa shape index (κ1) is 9.73. The van der Waals surface area contributed by atoms with Crippen LogP contribution in [0.1, 0.15) is 21.7 Å². The SMILES string of the molecule is COCc1nn(C)c(C)c1C(=O)O. The van der Waals surface area contributed by atoms with Gasteiger partial charge in [0.25, 0.3) is 0 Å². The maximum Gasteiger partial charge on any atom is 0.339 e. The molecule has 5 heteroatoms. The molecule has 0 radical (unpaired) electrons. The zero-order valence-electron chi connectivity index (χ0n) is 7.87. The van der Waals surface area contributed by atoms with Gasteiger partial charge in [-0.2, -0.15) is 5.10 Å². The van der Waals surface area contributed by atoms with Crippen LogP contribution in [-0.2, 0) is 18.4 Å². The zero-order chi connectivity index (χ0) is 10.0. The minimum Gasteiger partial charge on any atom is -0.478 e. The molecule has 72 valence electrons. The van der Waals surface area contributed by atoms with E-state index in [2.05, 4.69) is 5.10 Å². The molecule has 1 heterocycles. The summed E-state index contributed by atoms with van der Waals surface area (Å²) in [5.41, 5.74) is 1.35. The van der Waals surface area contributed by atoms with E-state index in [0.29, 0.717) is 11.4 Å². The Kier molecular flexibility index (Phi) is 2.67. The van der Waals surface area contributed by atoms with Gasteiger partial charge in [0.15, 0.2) is 0 Å². The van der Waals surface area contributed by atoms with E-state index in [4.69, 9.17) is 9.84 Å². The van der Waals surface area contributed by atoms with Gasteiger partial charge in [-0.3, -0.25) is 4.68 Å². The molecule has 0 saturated carbocycles. The van der Waals surface area contributed by atoms with Crippen molar-refractivity contribution in [2.45, 2.75) is 13.5 Å². The van der Waals surface area contributed by atoms with Gasteiger partial charge in [0.05, 0.1) is 6.61 Å². The molecule has 0 spiro atoms. The van der Waals surface area contributed by atoms with Crippen LogP contribution in [0, 0.1) is 6.92 Å². The first-order valence-corrected chi connectivity index (χ1v) is 3.82. The van der Waals surface area contributed by atoms with Gasteiger partial charge in [0, 0.05) is 19.9 Å². The largest absolute Gasteiger partial charge is 0.478 e. The van der Waals surface area contributed by atoms with E-state index in [0.717, 1.165) is 0 Å². The summed E-state index contributed by atoms with van der Waals surface area (Å²) in [5, 5.41) is 12.9. The molecule has 0 amide bonds. The Balaban J connectivity index is 3.18. The number of aryl methyl sites for hydroxylation is 1. The summed E-state index contributed by atoms with van der Waals surface area (Å²) in [6, 6.07) is 0. The predicted molar refractivity (Wildman–Crippen MR) is 45.6 cm³/mol. The van der Waals surface area contributed by atoms with Crippen LogP contribution >= 0.6 is 0 Å². The topological polar surface area (TPSA) is 64.4 Å². The van der Waals surface area contributed by atoms with E-state index in [1.165, 1.54) is 11.8 Å². The Morgan fingerprint density at radius 1 is 1.69 bits per heavy atom. The normalized spacial score (nSPS) is 10.4. The Labute approximate surface area is 75.9 Å². The highest BCUT2D eigenvalue weighted by Gasteiger charge is 2.18. The van der Waals surface area contributed by atoms with Crippen molar-refractivity contribution < 1.29 is 14.6 Å². The maximum absolute atomic E-state index is 10.8. The van der Waals surface area contributed by atoms with Gasteiger partial charge in [-0.25, -0.2) is 4.79 Å². The van der Waals surface area contributed by atoms with Crippen LogP contribution < -0.4 is 0 Å². The molecule has 13 heavy (non-hydrogen) atoms. The number of aromatic carboxylic acids is 1. The van der Waals surface area contributed by atoms with E-state index in [1.54, 1.807) is 14.0 Å². The lowest BCUT2D eigenvalue weighted by Gasteiger charge is -1.96. The van der Waals surface area contributed by atoms with Crippen LogP contribution in [0.25, 0.3) is 0 Å². The second kappa shape index (κ2) is 3.57. The molecule has 0 bridgehead atoms. The van der Waals surface area contributed by atoms with Gasteiger partial charge in [-0.1, -0.05) is 0 Å². The smallest absolute Gasteiger partial charge is 0.339 e. The van der Waals surface area contributed by atoms with Crippen molar-refractivity contribution in [3.8, 4) is 0 Å². The summed E-state index contributed by atoms with van der Waals surface area (Å²) in [7, 11) is 3.22. The second-order valence-corrected chi connectivity index (χ2v) is 2.77. The Bertz CT molecular complexity index is 330. The number of hydrogen-bond acceptors (Lipinski definition) is 3. The molecular weight excluding hydrogens is 172 g/mol. The molecule has 5 nitrogen and oxygen atoms in total. The quantitative estimate of drug-likeness (QED) is 0.746.